The molecule has 0 fully saturated rings. The maximum atomic E-state index is 8.93. The fourth-order valence-corrected chi connectivity index (χ4v) is 2.08. The second kappa shape index (κ2) is 4.27. The van der Waals surface area contributed by atoms with Gasteiger partial charge in [0.25, 0.3) is 0 Å². The van der Waals surface area contributed by atoms with Crippen LogP contribution in [0.25, 0.3) is 0 Å². The zero-order chi connectivity index (χ0) is 12.5. The molecule has 0 aromatic heterocycles. The van der Waals surface area contributed by atoms with Crippen molar-refractivity contribution in [2.24, 2.45) is 0 Å². The molecule has 0 saturated carbocycles. The molecular formula is C13H16N2O2. The van der Waals surface area contributed by atoms with E-state index in [9.17, 15) is 0 Å². The van der Waals surface area contributed by atoms with Crippen molar-refractivity contribution in [1.82, 2.24) is 0 Å². The van der Waals surface area contributed by atoms with E-state index in [1.54, 1.807) is 7.11 Å². The standard InChI is InChI=1S/C13H16N2O2/c1-13(6-7-14)11-8-10(16-3)4-5-12(11)15(2)9-17-13/h4-5,8H,6,9H2,1-3H3/t13-/m1/s1. The number of fused-ring (bicyclic) bond motifs is 1. The lowest BCUT2D eigenvalue weighted by Crippen LogP contribution is -2.39. The zero-order valence-electron chi connectivity index (χ0n) is 10.4. The Morgan fingerprint density at radius 3 is 3.00 bits per heavy atom. The topological polar surface area (TPSA) is 45.5 Å². The molecule has 90 valence electrons. The second-order valence-corrected chi connectivity index (χ2v) is 4.42. The van der Waals surface area contributed by atoms with Crippen LogP contribution in [0.4, 0.5) is 5.69 Å². The van der Waals surface area contributed by atoms with Gasteiger partial charge < -0.3 is 14.4 Å². The maximum absolute atomic E-state index is 8.93. The van der Waals surface area contributed by atoms with Crippen molar-refractivity contribution in [2.75, 3.05) is 25.8 Å². The largest absolute Gasteiger partial charge is 0.497 e. The first-order chi connectivity index (χ1) is 8.10. The van der Waals surface area contributed by atoms with E-state index >= 15 is 0 Å². The van der Waals surface area contributed by atoms with Gasteiger partial charge in [-0.1, -0.05) is 0 Å². The third-order valence-electron chi connectivity index (χ3n) is 3.18. The van der Waals surface area contributed by atoms with Gasteiger partial charge in [-0.15, -0.1) is 0 Å². The number of ether oxygens (including phenoxy) is 2. The first kappa shape index (κ1) is 11.7. The summed E-state index contributed by atoms with van der Waals surface area (Å²) < 4.78 is 11.0. The van der Waals surface area contributed by atoms with E-state index < -0.39 is 5.60 Å². The molecule has 0 radical (unpaired) electrons. The molecule has 0 saturated heterocycles. The second-order valence-electron chi connectivity index (χ2n) is 4.42. The number of nitrogens with zero attached hydrogens (tertiary/aromatic N) is 2. The van der Waals surface area contributed by atoms with Gasteiger partial charge in [0.15, 0.2) is 0 Å². The normalized spacial score (nSPS) is 22.8. The third-order valence-corrected chi connectivity index (χ3v) is 3.18. The van der Waals surface area contributed by atoms with Crippen molar-refractivity contribution in [2.45, 2.75) is 18.9 Å². The van der Waals surface area contributed by atoms with Crippen molar-refractivity contribution >= 4 is 5.69 Å². The van der Waals surface area contributed by atoms with E-state index in [1.807, 2.05) is 37.1 Å². The Hall–Kier alpha value is -1.73. The average Bonchev–Trinajstić information content (AvgIpc) is 2.34. The molecule has 0 unspecified atom stereocenters. The Morgan fingerprint density at radius 1 is 1.59 bits per heavy atom. The molecule has 1 aromatic rings. The first-order valence-electron chi connectivity index (χ1n) is 5.51. The zero-order valence-corrected chi connectivity index (χ0v) is 10.4. The number of anilines is 1. The number of methoxy groups -OCH3 is 1. The molecule has 1 atom stereocenters. The van der Waals surface area contributed by atoms with Gasteiger partial charge in [0.1, 0.15) is 18.1 Å². The van der Waals surface area contributed by atoms with Crippen LogP contribution in [0.15, 0.2) is 18.2 Å². The van der Waals surface area contributed by atoms with Gasteiger partial charge in [-0.25, -0.2) is 0 Å². The highest BCUT2D eigenvalue weighted by atomic mass is 16.5. The van der Waals surface area contributed by atoms with Crippen molar-refractivity contribution < 1.29 is 9.47 Å². The number of rotatable bonds is 2. The van der Waals surface area contributed by atoms with Crippen molar-refractivity contribution in [3.05, 3.63) is 23.8 Å². The van der Waals surface area contributed by atoms with Crippen LogP contribution in [0.5, 0.6) is 5.75 Å². The summed E-state index contributed by atoms with van der Waals surface area (Å²) in [6.45, 7) is 2.44. The predicted molar refractivity (Wildman–Crippen MR) is 64.9 cm³/mol. The minimum atomic E-state index is -0.550. The molecule has 4 heteroatoms. The number of hydrogen-bond acceptors (Lipinski definition) is 4. The van der Waals surface area contributed by atoms with Gasteiger partial charge in [0.2, 0.25) is 0 Å². The van der Waals surface area contributed by atoms with Gasteiger partial charge >= 0.3 is 0 Å². The predicted octanol–water partition coefficient (Wildman–Crippen LogP) is 2.25. The molecule has 2 rings (SSSR count). The molecule has 1 aliphatic rings. The van der Waals surface area contributed by atoms with Crippen LogP contribution in [0, 0.1) is 11.3 Å². The minimum Gasteiger partial charge on any atom is -0.497 e. The number of hydrogen-bond donors (Lipinski definition) is 0. The van der Waals surface area contributed by atoms with Crippen LogP contribution < -0.4 is 9.64 Å². The Balaban J connectivity index is 2.53. The van der Waals surface area contributed by atoms with Crippen molar-refractivity contribution in [1.29, 1.82) is 5.26 Å². The number of benzene rings is 1. The summed E-state index contributed by atoms with van der Waals surface area (Å²) in [5.74, 6) is 0.784. The molecule has 4 nitrogen and oxygen atoms in total. The molecule has 1 aliphatic heterocycles. The lowest BCUT2D eigenvalue weighted by molar-refractivity contribution is -0.0397. The SMILES string of the molecule is COc1ccc2c(c1)[C@@](C)(CC#N)OCN2C. The van der Waals surface area contributed by atoms with E-state index in [1.165, 1.54) is 0 Å². The molecule has 0 amide bonds. The fraction of sp³-hybridized carbons (Fsp3) is 0.462. The summed E-state index contributed by atoms with van der Waals surface area (Å²) >= 11 is 0. The summed E-state index contributed by atoms with van der Waals surface area (Å²) in [5.41, 5.74) is 1.55. The van der Waals surface area contributed by atoms with Crippen molar-refractivity contribution in [3.63, 3.8) is 0 Å². The fourth-order valence-electron chi connectivity index (χ4n) is 2.08. The minimum absolute atomic E-state index is 0.334. The molecule has 1 heterocycles. The van der Waals surface area contributed by atoms with E-state index in [2.05, 4.69) is 6.07 Å². The molecule has 0 spiro atoms. The smallest absolute Gasteiger partial charge is 0.119 e. The van der Waals surface area contributed by atoms with Gasteiger partial charge in [-0.3, -0.25) is 0 Å². The van der Waals surface area contributed by atoms with E-state index in [0.717, 1.165) is 17.0 Å². The summed E-state index contributed by atoms with van der Waals surface area (Å²) in [4.78, 5) is 2.02. The summed E-state index contributed by atoms with van der Waals surface area (Å²) in [6, 6.07) is 8.06. The molecular weight excluding hydrogens is 216 g/mol. The van der Waals surface area contributed by atoms with E-state index in [-0.39, 0.29) is 0 Å². The molecule has 0 aliphatic carbocycles. The van der Waals surface area contributed by atoms with Crippen LogP contribution in [-0.2, 0) is 10.3 Å². The van der Waals surface area contributed by atoms with Gasteiger partial charge in [-0.2, -0.15) is 5.26 Å². The molecule has 1 aromatic carbocycles. The first-order valence-corrected chi connectivity index (χ1v) is 5.51. The van der Waals surface area contributed by atoms with Crippen LogP contribution in [0.1, 0.15) is 18.9 Å². The molecule has 17 heavy (non-hydrogen) atoms. The monoisotopic (exact) mass is 232 g/mol. The van der Waals surface area contributed by atoms with E-state index in [0.29, 0.717) is 13.2 Å². The van der Waals surface area contributed by atoms with Crippen LogP contribution >= 0.6 is 0 Å². The summed E-state index contributed by atoms with van der Waals surface area (Å²) in [5, 5.41) is 8.93. The van der Waals surface area contributed by atoms with Crippen LogP contribution in [0.3, 0.4) is 0 Å². The lowest BCUT2D eigenvalue weighted by atomic mass is 9.89. The lowest BCUT2D eigenvalue weighted by Gasteiger charge is -2.39. The van der Waals surface area contributed by atoms with Crippen LogP contribution in [-0.4, -0.2) is 20.9 Å². The average molecular weight is 232 g/mol. The quantitative estimate of drug-likeness (QED) is 0.784. The van der Waals surface area contributed by atoms with Crippen LogP contribution in [0.2, 0.25) is 0 Å². The summed E-state index contributed by atoms with van der Waals surface area (Å²) in [6.07, 6.45) is 0.334. The van der Waals surface area contributed by atoms with Gasteiger partial charge in [0.05, 0.1) is 19.6 Å². The summed E-state index contributed by atoms with van der Waals surface area (Å²) in [7, 11) is 3.61. The van der Waals surface area contributed by atoms with Gasteiger partial charge in [-0.05, 0) is 25.1 Å². The third kappa shape index (κ3) is 1.94. The highest BCUT2D eigenvalue weighted by molar-refractivity contribution is 5.59. The Morgan fingerprint density at radius 2 is 2.35 bits per heavy atom. The maximum Gasteiger partial charge on any atom is 0.119 e. The number of nitriles is 1. The Bertz CT molecular complexity index is 467. The Kier molecular flexibility index (Phi) is 2.95. The Labute approximate surface area is 101 Å². The van der Waals surface area contributed by atoms with E-state index in [4.69, 9.17) is 14.7 Å². The highest BCUT2D eigenvalue weighted by Crippen LogP contribution is 2.41. The molecule has 0 bridgehead atoms. The van der Waals surface area contributed by atoms with Crippen molar-refractivity contribution in [3.8, 4) is 11.8 Å². The highest BCUT2D eigenvalue weighted by Gasteiger charge is 2.35. The molecule has 0 N–H and O–H groups in total. The van der Waals surface area contributed by atoms with Gasteiger partial charge in [0, 0.05) is 18.3 Å².